The lowest BCUT2D eigenvalue weighted by Crippen LogP contribution is -2.36. The standard InChI is InChI=1S/C14H16F3N3S2/c1-13(2,18-8-11-19-20-12(21-3)22-11)9-5-4-6-10(7-9)14(15,16)17/h4-7,18H,8H2,1-3H3. The molecule has 8 heteroatoms. The van der Waals surface area contributed by atoms with Gasteiger partial charge in [0.1, 0.15) is 5.01 Å². The van der Waals surface area contributed by atoms with E-state index in [2.05, 4.69) is 15.5 Å². The predicted molar refractivity (Wildman–Crippen MR) is 83.0 cm³/mol. The van der Waals surface area contributed by atoms with Gasteiger partial charge in [0.2, 0.25) is 0 Å². The van der Waals surface area contributed by atoms with Crippen LogP contribution in [0, 0.1) is 0 Å². The minimum atomic E-state index is -4.33. The molecule has 2 aromatic rings. The number of benzene rings is 1. The molecule has 0 aliphatic heterocycles. The van der Waals surface area contributed by atoms with Crippen molar-refractivity contribution < 1.29 is 13.2 Å². The van der Waals surface area contributed by atoms with E-state index in [1.807, 2.05) is 20.1 Å². The molecule has 0 fully saturated rings. The van der Waals surface area contributed by atoms with Crippen LogP contribution in [0.2, 0.25) is 0 Å². The van der Waals surface area contributed by atoms with Crippen molar-refractivity contribution in [3.05, 3.63) is 40.4 Å². The van der Waals surface area contributed by atoms with Crippen LogP contribution in [0.4, 0.5) is 13.2 Å². The Morgan fingerprint density at radius 1 is 1.18 bits per heavy atom. The normalized spacial score (nSPS) is 12.6. The molecule has 0 aliphatic rings. The van der Waals surface area contributed by atoms with Gasteiger partial charge in [0.25, 0.3) is 0 Å². The third kappa shape index (κ3) is 4.21. The van der Waals surface area contributed by atoms with Gasteiger partial charge in [-0.05, 0) is 37.8 Å². The minimum Gasteiger partial charge on any atom is -0.301 e. The van der Waals surface area contributed by atoms with Crippen molar-refractivity contribution in [2.45, 2.75) is 36.4 Å². The van der Waals surface area contributed by atoms with Gasteiger partial charge in [0.15, 0.2) is 4.34 Å². The highest BCUT2D eigenvalue weighted by Gasteiger charge is 2.32. The van der Waals surface area contributed by atoms with Crippen LogP contribution in [-0.4, -0.2) is 16.5 Å². The fourth-order valence-corrected chi connectivity index (χ4v) is 3.13. The highest BCUT2D eigenvalue weighted by molar-refractivity contribution is 8.00. The molecule has 120 valence electrons. The van der Waals surface area contributed by atoms with Crippen LogP contribution < -0.4 is 5.32 Å². The van der Waals surface area contributed by atoms with Crippen molar-refractivity contribution in [1.82, 2.24) is 15.5 Å². The third-order valence-electron chi connectivity index (χ3n) is 3.22. The Balaban J connectivity index is 2.12. The molecule has 0 saturated carbocycles. The first-order valence-electron chi connectivity index (χ1n) is 6.51. The van der Waals surface area contributed by atoms with Gasteiger partial charge in [-0.2, -0.15) is 13.2 Å². The van der Waals surface area contributed by atoms with E-state index >= 15 is 0 Å². The highest BCUT2D eigenvalue weighted by Crippen LogP contribution is 2.32. The summed E-state index contributed by atoms with van der Waals surface area (Å²) in [7, 11) is 0. The molecule has 3 nitrogen and oxygen atoms in total. The van der Waals surface area contributed by atoms with Crippen molar-refractivity contribution in [2.75, 3.05) is 6.26 Å². The Morgan fingerprint density at radius 2 is 1.86 bits per heavy atom. The maximum atomic E-state index is 12.8. The Hall–Kier alpha value is -1.12. The largest absolute Gasteiger partial charge is 0.416 e. The Morgan fingerprint density at radius 3 is 2.45 bits per heavy atom. The summed E-state index contributed by atoms with van der Waals surface area (Å²) in [6, 6.07) is 5.38. The number of hydrogen-bond donors (Lipinski definition) is 1. The van der Waals surface area contributed by atoms with Gasteiger partial charge >= 0.3 is 6.18 Å². The first-order valence-corrected chi connectivity index (χ1v) is 8.55. The number of hydrogen-bond acceptors (Lipinski definition) is 5. The van der Waals surface area contributed by atoms with Crippen molar-refractivity contribution >= 4 is 23.1 Å². The van der Waals surface area contributed by atoms with E-state index in [0.717, 1.165) is 15.4 Å². The fraction of sp³-hybridized carbons (Fsp3) is 0.429. The number of thioether (sulfide) groups is 1. The van der Waals surface area contributed by atoms with E-state index in [1.165, 1.54) is 35.2 Å². The van der Waals surface area contributed by atoms with Gasteiger partial charge < -0.3 is 5.32 Å². The maximum absolute atomic E-state index is 12.8. The molecule has 22 heavy (non-hydrogen) atoms. The van der Waals surface area contributed by atoms with Crippen molar-refractivity contribution in [1.29, 1.82) is 0 Å². The van der Waals surface area contributed by atoms with Crippen LogP contribution in [0.25, 0.3) is 0 Å². The number of halogens is 3. The third-order valence-corrected chi connectivity index (χ3v) is 5.11. The van der Waals surface area contributed by atoms with Crippen LogP contribution in [-0.2, 0) is 18.3 Å². The average molecular weight is 347 g/mol. The number of nitrogens with zero attached hydrogens (tertiary/aromatic N) is 2. The smallest absolute Gasteiger partial charge is 0.301 e. The van der Waals surface area contributed by atoms with Crippen molar-refractivity contribution in [2.24, 2.45) is 0 Å². The molecule has 1 N–H and O–H groups in total. The van der Waals surface area contributed by atoms with Gasteiger partial charge in [-0.25, -0.2) is 0 Å². The first-order chi connectivity index (χ1) is 10.2. The minimum absolute atomic E-state index is 0.460. The summed E-state index contributed by atoms with van der Waals surface area (Å²) in [4.78, 5) is 0. The van der Waals surface area contributed by atoms with Crippen LogP contribution in [0.5, 0.6) is 0 Å². The van der Waals surface area contributed by atoms with E-state index in [9.17, 15) is 13.2 Å². The molecule has 0 bridgehead atoms. The molecular weight excluding hydrogens is 331 g/mol. The Kier molecular flexibility index (Phi) is 5.14. The number of rotatable bonds is 5. The summed E-state index contributed by atoms with van der Waals surface area (Å²) in [6.45, 7) is 4.15. The summed E-state index contributed by atoms with van der Waals surface area (Å²) < 4.78 is 39.3. The summed E-state index contributed by atoms with van der Waals surface area (Å²) in [5, 5.41) is 12.1. The molecular formula is C14H16F3N3S2. The molecule has 0 atom stereocenters. The van der Waals surface area contributed by atoms with E-state index in [0.29, 0.717) is 12.1 Å². The SMILES string of the molecule is CSc1nnc(CNC(C)(C)c2cccc(C(F)(F)F)c2)s1. The first kappa shape index (κ1) is 17.2. The van der Waals surface area contributed by atoms with Gasteiger partial charge in [-0.15, -0.1) is 10.2 Å². The quantitative estimate of drug-likeness (QED) is 0.818. The zero-order valence-corrected chi connectivity index (χ0v) is 14.0. The van der Waals surface area contributed by atoms with Gasteiger partial charge in [-0.1, -0.05) is 35.2 Å². The van der Waals surface area contributed by atoms with Gasteiger partial charge in [0.05, 0.1) is 12.1 Å². The second-order valence-corrected chi connectivity index (χ2v) is 7.34. The van der Waals surface area contributed by atoms with E-state index in [-0.39, 0.29) is 0 Å². The van der Waals surface area contributed by atoms with Crippen LogP contribution in [0.3, 0.4) is 0 Å². The van der Waals surface area contributed by atoms with Crippen LogP contribution in [0.15, 0.2) is 28.6 Å². The summed E-state index contributed by atoms with van der Waals surface area (Å²) >= 11 is 2.99. The zero-order chi connectivity index (χ0) is 16.4. The molecule has 1 aromatic heterocycles. The molecule has 0 spiro atoms. The van der Waals surface area contributed by atoms with Gasteiger partial charge in [0, 0.05) is 5.54 Å². The average Bonchev–Trinajstić information content (AvgIpc) is 2.93. The monoisotopic (exact) mass is 347 g/mol. The summed E-state index contributed by atoms with van der Waals surface area (Å²) in [5.74, 6) is 0. The summed E-state index contributed by atoms with van der Waals surface area (Å²) in [6.07, 6.45) is -2.41. The second kappa shape index (κ2) is 6.55. The molecule has 2 rings (SSSR count). The molecule has 0 saturated heterocycles. The molecule has 1 aromatic carbocycles. The molecule has 0 radical (unpaired) electrons. The fourth-order valence-electron chi connectivity index (χ4n) is 1.88. The lowest BCUT2D eigenvalue weighted by molar-refractivity contribution is -0.137. The molecule has 0 unspecified atom stereocenters. The lowest BCUT2D eigenvalue weighted by atomic mass is 9.92. The topological polar surface area (TPSA) is 37.8 Å². The van der Waals surface area contributed by atoms with Crippen molar-refractivity contribution in [3.63, 3.8) is 0 Å². The second-order valence-electron chi connectivity index (χ2n) is 5.22. The molecule has 0 amide bonds. The van der Waals surface area contributed by atoms with Crippen LogP contribution in [0.1, 0.15) is 30.0 Å². The Labute approximate surface area is 135 Å². The Bertz CT molecular complexity index is 638. The molecule has 0 aliphatic carbocycles. The van der Waals surface area contributed by atoms with E-state index < -0.39 is 17.3 Å². The van der Waals surface area contributed by atoms with Crippen molar-refractivity contribution in [3.8, 4) is 0 Å². The van der Waals surface area contributed by atoms with Crippen LogP contribution >= 0.6 is 23.1 Å². The highest BCUT2D eigenvalue weighted by atomic mass is 32.2. The van der Waals surface area contributed by atoms with E-state index in [1.54, 1.807) is 6.07 Å². The molecule has 1 heterocycles. The number of aromatic nitrogens is 2. The van der Waals surface area contributed by atoms with E-state index in [4.69, 9.17) is 0 Å². The lowest BCUT2D eigenvalue weighted by Gasteiger charge is -2.27. The maximum Gasteiger partial charge on any atom is 0.416 e. The summed E-state index contributed by atoms with van der Waals surface area (Å²) in [5.41, 5.74) is -0.663. The number of nitrogens with one attached hydrogen (secondary N) is 1. The van der Waals surface area contributed by atoms with Gasteiger partial charge in [-0.3, -0.25) is 0 Å². The predicted octanol–water partition coefficient (Wildman–Crippen LogP) is 4.30. The number of alkyl halides is 3. The zero-order valence-electron chi connectivity index (χ0n) is 12.4.